The van der Waals surface area contributed by atoms with E-state index in [1.807, 2.05) is 18.2 Å². The van der Waals surface area contributed by atoms with E-state index in [-0.39, 0.29) is 11.8 Å². The molecule has 0 spiro atoms. The van der Waals surface area contributed by atoms with Crippen LogP contribution in [0, 0.1) is 0 Å². The average molecular weight is 235 g/mol. The van der Waals surface area contributed by atoms with Gasteiger partial charge in [0.15, 0.2) is 0 Å². The number of benzene rings is 1. The lowest BCUT2D eigenvalue weighted by atomic mass is 9.85. The van der Waals surface area contributed by atoms with Crippen molar-refractivity contribution in [2.24, 2.45) is 5.73 Å². The molecule has 0 bridgehead atoms. The minimum Gasteiger partial charge on any atom is -0.480 e. The Kier molecular flexibility index (Phi) is 4.29. The SMILES string of the molecule is CC(C)c1cccc(C(C)C)c1C(N)C(=O)O. The van der Waals surface area contributed by atoms with Crippen LogP contribution < -0.4 is 5.73 Å². The molecule has 0 amide bonds. The van der Waals surface area contributed by atoms with Crippen molar-refractivity contribution in [2.45, 2.75) is 45.6 Å². The van der Waals surface area contributed by atoms with Gasteiger partial charge in [-0.25, -0.2) is 0 Å². The first-order valence-corrected chi connectivity index (χ1v) is 5.97. The Bertz CT molecular complexity index is 384. The molecule has 0 saturated heterocycles. The molecule has 1 aromatic carbocycles. The standard InChI is InChI=1S/C14H21NO2/c1-8(2)10-6-5-7-11(9(3)4)12(10)13(15)14(16)17/h5-9,13H,15H2,1-4H3,(H,16,17). The van der Waals surface area contributed by atoms with Crippen molar-refractivity contribution in [3.8, 4) is 0 Å². The van der Waals surface area contributed by atoms with E-state index in [4.69, 9.17) is 10.8 Å². The van der Waals surface area contributed by atoms with Crippen LogP contribution in [0.2, 0.25) is 0 Å². The van der Waals surface area contributed by atoms with Crippen LogP contribution in [0.5, 0.6) is 0 Å². The first kappa shape index (κ1) is 13.7. The van der Waals surface area contributed by atoms with E-state index in [1.165, 1.54) is 0 Å². The largest absolute Gasteiger partial charge is 0.480 e. The van der Waals surface area contributed by atoms with Gasteiger partial charge < -0.3 is 10.8 Å². The Morgan fingerprint density at radius 3 is 1.82 bits per heavy atom. The predicted octanol–water partition coefficient (Wildman–Crippen LogP) is 3.02. The second-order valence-corrected chi connectivity index (χ2v) is 4.98. The van der Waals surface area contributed by atoms with Crippen LogP contribution in [0.1, 0.15) is 62.3 Å². The minimum atomic E-state index is -0.972. The maximum Gasteiger partial charge on any atom is 0.325 e. The molecule has 0 heterocycles. The van der Waals surface area contributed by atoms with Gasteiger partial charge in [-0.1, -0.05) is 45.9 Å². The van der Waals surface area contributed by atoms with Crippen LogP contribution >= 0.6 is 0 Å². The lowest BCUT2D eigenvalue weighted by Crippen LogP contribution is -2.24. The van der Waals surface area contributed by atoms with Gasteiger partial charge in [0.25, 0.3) is 0 Å². The normalized spacial score (nSPS) is 13.1. The second kappa shape index (κ2) is 5.32. The number of rotatable bonds is 4. The van der Waals surface area contributed by atoms with Gasteiger partial charge in [-0.2, -0.15) is 0 Å². The maximum atomic E-state index is 11.1. The summed E-state index contributed by atoms with van der Waals surface area (Å²) in [5.41, 5.74) is 8.66. The van der Waals surface area contributed by atoms with Gasteiger partial charge in [0.1, 0.15) is 6.04 Å². The fraction of sp³-hybridized carbons (Fsp3) is 0.500. The van der Waals surface area contributed by atoms with Crippen LogP contribution in [-0.2, 0) is 4.79 Å². The van der Waals surface area contributed by atoms with Gasteiger partial charge in [0.2, 0.25) is 0 Å². The van der Waals surface area contributed by atoms with E-state index in [9.17, 15) is 4.79 Å². The van der Waals surface area contributed by atoms with E-state index in [0.29, 0.717) is 0 Å². The van der Waals surface area contributed by atoms with Gasteiger partial charge in [0, 0.05) is 0 Å². The fourth-order valence-corrected chi connectivity index (χ4v) is 2.09. The van der Waals surface area contributed by atoms with Gasteiger partial charge in [-0.3, -0.25) is 4.79 Å². The maximum absolute atomic E-state index is 11.1. The summed E-state index contributed by atoms with van der Waals surface area (Å²) in [6.45, 7) is 8.21. The van der Waals surface area contributed by atoms with Gasteiger partial charge in [-0.05, 0) is 28.5 Å². The molecule has 94 valence electrons. The summed E-state index contributed by atoms with van der Waals surface area (Å²) in [6, 6.07) is 4.97. The van der Waals surface area contributed by atoms with Crippen molar-refractivity contribution in [3.63, 3.8) is 0 Å². The molecule has 3 nitrogen and oxygen atoms in total. The van der Waals surface area contributed by atoms with Crippen molar-refractivity contribution < 1.29 is 9.90 Å². The molecule has 0 aliphatic rings. The summed E-state index contributed by atoms with van der Waals surface area (Å²) < 4.78 is 0. The third-order valence-electron chi connectivity index (χ3n) is 2.99. The molecule has 0 aromatic heterocycles. The van der Waals surface area contributed by atoms with Gasteiger partial charge >= 0.3 is 5.97 Å². The predicted molar refractivity (Wildman–Crippen MR) is 69.2 cm³/mol. The van der Waals surface area contributed by atoms with Crippen LogP contribution in [-0.4, -0.2) is 11.1 Å². The number of carboxylic acids is 1. The van der Waals surface area contributed by atoms with Crippen LogP contribution in [0.15, 0.2) is 18.2 Å². The van der Waals surface area contributed by atoms with Gasteiger partial charge in [-0.15, -0.1) is 0 Å². The molecule has 17 heavy (non-hydrogen) atoms. The summed E-state index contributed by atoms with van der Waals surface area (Å²) in [7, 11) is 0. The van der Waals surface area contributed by atoms with Crippen molar-refractivity contribution in [1.82, 2.24) is 0 Å². The van der Waals surface area contributed by atoms with E-state index in [2.05, 4.69) is 27.7 Å². The van der Waals surface area contributed by atoms with Crippen molar-refractivity contribution in [1.29, 1.82) is 0 Å². The molecular formula is C14H21NO2. The minimum absolute atomic E-state index is 0.272. The zero-order valence-corrected chi connectivity index (χ0v) is 10.9. The Morgan fingerprint density at radius 2 is 1.53 bits per heavy atom. The monoisotopic (exact) mass is 235 g/mol. The first-order chi connectivity index (χ1) is 7.86. The molecule has 1 aromatic rings. The van der Waals surface area contributed by atoms with Crippen LogP contribution in [0.3, 0.4) is 0 Å². The highest BCUT2D eigenvalue weighted by Crippen LogP contribution is 2.31. The zero-order chi connectivity index (χ0) is 13.2. The second-order valence-electron chi connectivity index (χ2n) is 4.98. The molecular weight excluding hydrogens is 214 g/mol. The van der Waals surface area contributed by atoms with Crippen molar-refractivity contribution >= 4 is 5.97 Å². The molecule has 1 rings (SSSR count). The topological polar surface area (TPSA) is 63.3 Å². The Labute approximate surface area is 103 Å². The first-order valence-electron chi connectivity index (χ1n) is 5.97. The number of carbonyl (C=O) groups is 1. The number of hydrogen-bond donors (Lipinski definition) is 2. The molecule has 0 aliphatic carbocycles. The van der Waals surface area contributed by atoms with E-state index < -0.39 is 12.0 Å². The number of aliphatic carboxylic acids is 1. The zero-order valence-electron chi connectivity index (χ0n) is 10.9. The summed E-state index contributed by atoms with van der Waals surface area (Å²) in [5.74, 6) is -0.428. The number of nitrogens with two attached hydrogens (primary N) is 1. The highest BCUT2D eigenvalue weighted by molar-refractivity contribution is 5.76. The summed E-state index contributed by atoms with van der Waals surface area (Å²) >= 11 is 0. The van der Waals surface area contributed by atoms with E-state index in [1.54, 1.807) is 0 Å². The average Bonchev–Trinajstić information content (AvgIpc) is 2.26. The quantitative estimate of drug-likeness (QED) is 0.843. The summed E-state index contributed by atoms with van der Waals surface area (Å²) in [5, 5.41) is 9.12. The van der Waals surface area contributed by atoms with Gasteiger partial charge in [0.05, 0.1) is 0 Å². The molecule has 0 fully saturated rings. The molecule has 3 N–H and O–H groups in total. The molecule has 3 heteroatoms. The molecule has 0 aliphatic heterocycles. The van der Waals surface area contributed by atoms with E-state index >= 15 is 0 Å². The highest BCUT2D eigenvalue weighted by atomic mass is 16.4. The fourth-order valence-electron chi connectivity index (χ4n) is 2.09. The Hall–Kier alpha value is -1.35. The lowest BCUT2D eigenvalue weighted by molar-refractivity contribution is -0.138. The summed E-state index contributed by atoms with van der Waals surface area (Å²) in [6.07, 6.45) is 0. The third kappa shape index (κ3) is 2.86. The third-order valence-corrected chi connectivity index (χ3v) is 2.99. The molecule has 1 atom stereocenters. The number of carboxylic acid groups (broad SMARTS) is 1. The lowest BCUT2D eigenvalue weighted by Gasteiger charge is -2.22. The molecule has 0 saturated carbocycles. The highest BCUT2D eigenvalue weighted by Gasteiger charge is 2.23. The van der Waals surface area contributed by atoms with Crippen molar-refractivity contribution in [2.75, 3.05) is 0 Å². The van der Waals surface area contributed by atoms with Crippen molar-refractivity contribution in [3.05, 3.63) is 34.9 Å². The smallest absolute Gasteiger partial charge is 0.325 e. The molecule has 0 radical (unpaired) electrons. The molecule has 1 unspecified atom stereocenters. The van der Waals surface area contributed by atoms with E-state index in [0.717, 1.165) is 16.7 Å². The summed E-state index contributed by atoms with van der Waals surface area (Å²) in [4.78, 5) is 11.1. The Balaban J connectivity index is 3.43. The Morgan fingerprint density at radius 1 is 1.12 bits per heavy atom. The van der Waals surface area contributed by atoms with Crippen LogP contribution in [0.4, 0.5) is 0 Å². The number of hydrogen-bond acceptors (Lipinski definition) is 2. The van der Waals surface area contributed by atoms with Crippen LogP contribution in [0.25, 0.3) is 0 Å².